The summed E-state index contributed by atoms with van der Waals surface area (Å²) in [5.74, 6) is 0. The number of nitrogens with one attached hydrogen (secondary N) is 1. The third-order valence-electron chi connectivity index (χ3n) is 5.09. The standard InChI is InChI=1S/C11H15N2.C6H10N2.C5H8N2.C4H7N3/c1-3-12-9-13(4-2)11-8-6-5-7-10(11)12;1-3-8-5-4-7(2)6-8;1-6-3-4-7(2)5-6;1-6-3-5-7(2)4-6/h5-8,12H,3-4H2,1-2H3;4-5H,3H2,1-2H3;3-4H,1-2H3;3H,1-2H3/q+1;;;. The number of aryl methyl sites for hydroxylation is 6. The van der Waals surface area contributed by atoms with Crippen LogP contribution in [0.15, 0.2) is 55.4 Å². The number of nitrogens with zero attached hydrogens (tertiary/aromatic N) is 8. The number of fused-ring (bicyclic) bond motifs is 1. The third kappa shape index (κ3) is 8.94. The summed E-state index contributed by atoms with van der Waals surface area (Å²) in [5, 5.41) is 3.84. The van der Waals surface area contributed by atoms with Crippen molar-refractivity contribution in [2.45, 2.75) is 27.3 Å². The first-order chi connectivity index (χ1) is 16.8. The second kappa shape index (κ2) is 14.0. The molecule has 4 heterocycles. The second-order valence-electron chi connectivity index (χ2n) is 8.09. The summed E-state index contributed by atoms with van der Waals surface area (Å²) in [4.78, 5) is 1.33. The molecule has 1 aliphatic heterocycles. The maximum atomic E-state index is 3.84. The Morgan fingerprint density at radius 2 is 1.57 bits per heavy atom. The average molecular weight is 479 g/mol. The molecule has 0 amide bonds. The topological polar surface area (TPSA) is 46.8 Å². The van der Waals surface area contributed by atoms with Crippen molar-refractivity contribution in [1.82, 2.24) is 18.9 Å². The van der Waals surface area contributed by atoms with Gasteiger partial charge in [-0.3, -0.25) is 0 Å². The molecule has 1 unspecified atom stereocenters. The fraction of sp³-hybridized carbons (Fsp3) is 0.423. The molecule has 3 aromatic heterocycles. The van der Waals surface area contributed by atoms with E-state index in [0.717, 1.165) is 19.6 Å². The maximum absolute atomic E-state index is 3.84. The van der Waals surface area contributed by atoms with Crippen LogP contribution in [-0.4, -0.2) is 42.9 Å². The highest BCUT2D eigenvalue weighted by Gasteiger charge is 2.21. The largest absolute Gasteiger partial charge is 0.402 e. The fourth-order valence-electron chi connectivity index (χ4n) is 3.34. The van der Waals surface area contributed by atoms with Gasteiger partial charge in [-0.25, -0.2) is 4.68 Å². The van der Waals surface area contributed by atoms with Gasteiger partial charge in [0, 0.05) is 7.05 Å². The van der Waals surface area contributed by atoms with Crippen molar-refractivity contribution < 1.29 is 23.2 Å². The predicted molar refractivity (Wildman–Crippen MR) is 132 cm³/mol. The van der Waals surface area contributed by atoms with Crippen molar-refractivity contribution in [3.05, 3.63) is 74.4 Å². The molecule has 35 heavy (non-hydrogen) atoms. The number of quaternary nitrogens is 1. The number of benzene rings is 1. The summed E-state index contributed by atoms with van der Waals surface area (Å²) in [6.07, 6.45) is 21.9. The van der Waals surface area contributed by atoms with Crippen LogP contribution in [0.1, 0.15) is 20.8 Å². The average Bonchev–Trinajstić information content (AvgIpc) is 3.63. The minimum Gasteiger partial charge on any atom is -0.402 e. The van der Waals surface area contributed by atoms with Gasteiger partial charge in [0.1, 0.15) is 24.2 Å². The lowest BCUT2D eigenvalue weighted by Gasteiger charge is -2.07. The van der Waals surface area contributed by atoms with Crippen molar-refractivity contribution in [2.24, 2.45) is 35.2 Å². The smallest absolute Gasteiger partial charge is 0.278 e. The van der Waals surface area contributed by atoms with Crippen molar-refractivity contribution in [2.75, 3.05) is 13.1 Å². The molecule has 1 aliphatic rings. The normalized spacial score (nSPS) is 13.4. The van der Waals surface area contributed by atoms with Crippen molar-refractivity contribution in [3.8, 4) is 0 Å². The fourth-order valence-corrected chi connectivity index (χ4v) is 3.34. The van der Waals surface area contributed by atoms with E-state index in [0.29, 0.717) is 0 Å². The van der Waals surface area contributed by atoms with Gasteiger partial charge in [-0.15, -0.1) is 0 Å². The van der Waals surface area contributed by atoms with E-state index in [1.165, 1.54) is 16.3 Å². The number of imidazole rings is 2. The first-order valence-corrected chi connectivity index (χ1v) is 11.9. The summed E-state index contributed by atoms with van der Waals surface area (Å²) in [6, 6.07) is 8.52. The molecule has 188 valence electrons. The van der Waals surface area contributed by atoms with Crippen LogP contribution in [0.4, 0.5) is 11.4 Å². The number of para-hydroxylation sites is 2. The van der Waals surface area contributed by atoms with E-state index >= 15 is 0 Å². The minimum atomic E-state index is 1.00. The molecule has 5 rings (SSSR count). The highest BCUT2D eigenvalue weighted by molar-refractivity contribution is 5.63. The molecule has 0 radical (unpaired) electrons. The Hall–Kier alpha value is -3.59. The second-order valence-corrected chi connectivity index (χ2v) is 8.09. The molecule has 0 fully saturated rings. The molecule has 0 saturated heterocycles. The van der Waals surface area contributed by atoms with Crippen LogP contribution in [-0.2, 0) is 41.8 Å². The van der Waals surface area contributed by atoms with E-state index in [2.05, 4.69) is 80.0 Å². The Bertz CT molecular complexity index is 1110. The lowest BCUT2D eigenvalue weighted by atomic mass is 10.2. The highest BCUT2D eigenvalue weighted by Crippen LogP contribution is 2.22. The molecular formula is C26H40N9+. The van der Waals surface area contributed by atoms with E-state index < -0.39 is 0 Å². The van der Waals surface area contributed by atoms with Gasteiger partial charge in [0.25, 0.3) is 6.34 Å². The molecule has 9 heteroatoms. The highest BCUT2D eigenvalue weighted by atomic mass is 15.3. The number of hydrogen-bond donors (Lipinski definition) is 1. The van der Waals surface area contributed by atoms with Crippen LogP contribution in [0.3, 0.4) is 0 Å². The Balaban J connectivity index is 0.000000172. The lowest BCUT2D eigenvalue weighted by molar-refractivity contribution is -0.731. The van der Waals surface area contributed by atoms with Gasteiger partial charge >= 0.3 is 0 Å². The van der Waals surface area contributed by atoms with Gasteiger partial charge < -0.3 is 32.3 Å². The van der Waals surface area contributed by atoms with Crippen LogP contribution in [0.25, 0.3) is 0 Å². The van der Waals surface area contributed by atoms with Crippen molar-refractivity contribution in [1.29, 1.82) is 0 Å². The zero-order valence-corrected chi connectivity index (χ0v) is 22.4. The maximum Gasteiger partial charge on any atom is 0.278 e. The van der Waals surface area contributed by atoms with Crippen molar-refractivity contribution in [3.63, 3.8) is 0 Å². The molecule has 0 bridgehead atoms. The zero-order valence-electron chi connectivity index (χ0n) is 22.4. The molecule has 0 saturated carbocycles. The summed E-state index contributed by atoms with van der Waals surface area (Å²) in [6.45, 7) is 9.49. The van der Waals surface area contributed by atoms with Gasteiger partial charge in [0.05, 0.1) is 47.6 Å². The van der Waals surface area contributed by atoms with Gasteiger partial charge in [0.15, 0.2) is 0 Å². The molecule has 1 atom stereocenters. The van der Waals surface area contributed by atoms with Crippen LogP contribution < -0.4 is 18.6 Å². The van der Waals surface area contributed by atoms with Crippen LogP contribution in [0, 0.1) is 19.0 Å². The number of hydrogen-bond acceptors (Lipinski definition) is 1. The lowest BCUT2D eigenvalue weighted by Crippen LogP contribution is -3.05. The van der Waals surface area contributed by atoms with Gasteiger partial charge in [-0.05, 0) is 51.6 Å². The SMILES string of the molecule is CC[N+]1=[C-][NH+](CC)c2ccccc21.CCn1[c-][n+](C)cc1.Cn1[c-][n+](C)cc1.Cn1[c-][n+](C)cn1. The van der Waals surface area contributed by atoms with Gasteiger partial charge in [-0.2, -0.15) is 0 Å². The van der Waals surface area contributed by atoms with E-state index in [4.69, 9.17) is 0 Å². The van der Waals surface area contributed by atoms with E-state index in [9.17, 15) is 0 Å². The van der Waals surface area contributed by atoms with E-state index in [1.807, 2.05) is 78.3 Å². The van der Waals surface area contributed by atoms with Crippen molar-refractivity contribution >= 4 is 17.7 Å². The Labute approximate surface area is 210 Å². The summed E-state index contributed by atoms with van der Waals surface area (Å²) in [7, 11) is 9.57. The number of aromatic nitrogens is 7. The molecule has 1 N–H and O–H groups in total. The van der Waals surface area contributed by atoms with E-state index in [-0.39, 0.29) is 0 Å². The first kappa shape index (κ1) is 27.7. The summed E-state index contributed by atoms with van der Waals surface area (Å²) >= 11 is 0. The Morgan fingerprint density at radius 3 is 1.94 bits per heavy atom. The summed E-state index contributed by atoms with van der Waals surface area (Å²) in [5.41, 5.74) is 2.66. The van der Waals surface area contributed by atoms with Crippen LogP contribution in [0.5, 0.6) is 0 Å². The first-order valence-electron chi connectivity index (χ1n) is 11.9. The molecule has 1 aromatic carbocycles. The monoisotopic (exact) mass is 478 g/mol. The Morgan fingerprint density at radius 1 is 0.886 bits per heavy atom. The molecular weight excluding hydrogens is 438 g/mol. The molecule has 0 aliphatic carbocycles. The Kier molecular flexibility index (Phi) is 11.0. The molecule has 0 spiro atoms. The van der Waals surface area contributed by atoms with Crippen LogP contribution in [0.2, 0.25) is 0 Å². The predicted octanol–water partition coefficient (Wildman–Crippen LogP) is -0.367. The summed E-state index contributed by atoms with van der Waals surface area (Å²) < 4.78 is 13.2. The quantitative estimate of drug-likeness (QED) is 0.317. The van der Waals surface area contributed by atoms with E-state index in [1.54, 1.807) is 15.6 Å². The molecule has 4 aromatic rings. The molecule has 9 nitrogen and oxygen atoms in total. The van der Waals surface area contributed by atoms with Crippen LogP contribution >= 0.6 is 0 Å². The number of rotatable bonds is 3. The van der Waals surface area contributed by atoms with Gasteiger partial charge in [0.2, 0.25) is 12.7 Å². The van der Waals surface area contributed by atoms with Gasteiger partial charge in [-0.1, -0.05) is 23.3 Å². The third-order valence-corrected chi connectivity index (χ3v) is 5.09. The zero-order chi connectivity index (χ0) is 25.8. The minimum absolute atomic E-state index is 1.00.